The van der Waals surface area contributed by atoms with Crippen LogP contribution in [0, 0.1) is 5.82 Å². The van der Waals surface area contributed by atoms with Crippen molar-refractivity contribution in [1.29, 1.82) is 0 Å². The summed E-state index contributed by atoms with van der Waals surface area (Å²) in [5, 5.41) is 7.08. The average molecular weight is 546 g/mol. The Balaban J connectivity index is 1.30. The number of hydrogen-bond acceptors (Lipinski definition) is 8. The van der Waals surface area contributed by atoms with Gasteiger partial charge in [-0.1, -0.05) is 12.1 Å². The minimum atomic E-state index is -0.308. The number of piperidine rings is 1. The van der Waals surface area contributed by atoms with Gasteiger partial charge in [0.05, 0.1) is 38.2 Å². The molecule has 2 aromatic carbocycles. The molecule has 0 atom stereocenters. The Bertz CT molecular complexity index is 1480. The van der Waals surface area contributed by atoms with Crippen LogP contribution in [0.5, 0.6) is 11.5 Å². The molecule has 3 heterocycles. The number of nitrogens with one attached hydrogen (secondary N) is 2. The highest BCUT2D eigenvalue weighted by molar-refractivity contribution is 5.91. The maximum absolute atomic E-state index is 13.8. The van der Waals surface area contributed by atoms with Crippen molar-refractivity contribution in [2.24, 2.45) is 0 Å². The van der Waals surface area contributed by atoms with Crippen LogP contribution in [-0.2, 0) is 12.0 Å². The Hall–Kier alpha value is -4.51. The van der Waals surface area contributed by atoms with E-state index in [0.717, 1.165) is 5.56 Å². The summed E-state index contributed by atoms with van der Waals surface area (Å²) in [6.45, 7) is 2.06. The minimum Gasteiger partial charge on any atom is -0.493 e. The summed E-state index contributed by atoms with van der Waals surface area (Å²) in [5.74, 6) is 1.72. The quantitative estimate of drug-likeness (QED) is 0.302. The Morgan fingerprint density at radius 2 is 1.80 bits per heavy atom. The highest BCUT2D eigenvalue weighted by atomic mass is 19.1. The highest BCUT2D eigenvalue weighted by Gasteiger charge is 2.37. The molecular weight excluding hydrogens is 513 g/mol. The number of ether oxygens (including phenoxy) is 2. The summed E-state index contributed by atoms with van der Waals surface area (Å²) in [4.78, 5) is 27.9. The number of nitrogens with two attached hydrogens (primary N) is 1. The molecule has 1 saturated heterocycles. The van der Waals surface area contributed by atoms with Crippen LogP contribution in [0.15, 0.2) is 60.9 Å². The second-order valence-corrected chi connectivity index (χ2v) is 9.80. The third-order valence-electron chi connectivity index (χ3n) is 7.40. The lowest BCUT2D eigenvalue weighted by molar-refractivity contribution is 0.165. The number of urea groups is 1. The Morgan fingerprint density at radius 3 is 2.48 bits per heavy atom. The third-order valence-corrected chi connectivity index (χ3v) is 7.40. The van der Waals surface area contributed by atoms with E-state index >= 15 is 0 Å². The number of carbonyl (C=O) groups excluding carboxylic acids is 1. The van der Waals surface area contributed by atoms with Gasteiger partial charge in [-0.25, -0.2) is 19.2 Å². The summed E-state index contributed by atoms with van der Waals surface area (Å²) >= 11 is 0. The number of nitrogen functional groups attached to an aromatic ring is 1. The number of benzene rings is 2. The van der Waals surface area contributed by atoms with Crippen molar-refractivity contribution >= 4 is 28.4 Å². The van der Waals surface area contributed by atoms with Crippen LogP contribution in [0.3, 0.4) is 0 Å². The number of nitrogens with zero attached hydrogens (tertiary/aromatic N) is 4. The second kappa shape index (κ2) is 11.7. The van der Waals surface area contributed by atoms with E-state index in [1.54, 1.807) is 55.8 Å². The standard InChI is InChI=1S/C29H32FN7O3/c1-39-24-14-22-23(15-25(24)40-2)35-26(36-27(22)31)17-33-18-29(19-5-7-20(30)8-6-19)9-12-37(13-10-29)28(38)34-21-4-3-11-32-16-21/h3-8,11,14-16,33H,9-10,12-13,17-18H2,1-2H3,(H,34,38)(H2,31,35,36). The monoisotopic (exact) mass is 545 g/mol. The first kappa shape index (κ1) is 27.1. The SMILES string of the molecule is COc1cc2nc(CNCC3(c4ccc(F)cc4)CCN(C(=O)Nc4cccnc4)CC3)nc(N)c2cc1OC. The molecule has 40 heavy (non-hydrogen) atoms. The van der Waals surface area contributed by atoms with E-state index in [0.29, 0.717) is 78.8 Å². The largest absolute Gasteiger partial charge is 0.493 e. The number of methoxy groups -OCH3 is 2. The lowest BCUT2D eigenvalue weighted by atomic mass is 9.72. The molecule has 4 N–H and O–H groups in total. The number of hydrogen-bond donors (Lipinski definition) is 3. The first-order valence-corrected chi connectivity index (χ1v) is 13.0. The average Bonchev–Trinajstić information content (AvgIpc) is 2.97. The predicted octanol–water partition coefficient (Wildman–Crippen LogP) is 4.12. The molecule has 0 spiro atoms. The summed E-state index contributed by atoms with van der Waals surface area (Å²) in [7, 11) is 3.13. The number of fused-ring (bicyclic) bond motifs is 1. The third kappa shape index (κ3) is 5.74. The maximum Gasteiger partial charge on any atom is 0.321 e. The van der Waals surface area contributed by atoms with Gasteiger partial charge in [-0.2, -0.15) is 0 Å². The van der Waals surface area contributed by atoms with Crippen molar-refractivity contribution in [2.45, 2.75) is 24.8 Å². The predicted molar refractivity (Wildman–Crippen MR) is 151 cm³/mol. The van der Waals surface area contributed by atoms with Gasteiger partial charge < -0.3 is 30.7 Å². The molecule has 0 aliphatic carbocycles. The number of likely N-dealkylation sites (tertiary alicyclic amines) is 1. The lowest BCUT2D eigenvalue weighted by Gasteiger charge is -2.42. The van der Waals surface area contributed by atoms with Crippen molar-refractivity contribution < 1.29 is 18.7 Å². The molecule has 0 radical (unpaired) electrons. The van der Waals surface area contributed by atoms with E-state index in [4.69, 9.17) is 15.2 Å². The van der Waals surface area contributed by atoms with E-state index in [1.807, 2.05) is 12.1 Å². The van der Waals surface area contributed by atoms with Gasteiger partial charge in [-0.15, -0.1) is 0 Å². The first-order chi connectivity index (χ1) is 19.4. The minimum absolute atomic E-state index is 0.166. The molecule has 5 rings (SSSR count). The molecule has 1 aliphatic heterocycles. The number of rotatable bonds is 8. The van der Waals surface area contributed by atoms with E-state index in [-0.39, 0.29) is 17.3 Å². The summed E-state index contributed by atoms with van der Waals surface area (Å²) in [6.07, 6.45) is 4.67. The molecule has 1 fully saturated rings. The number of carbonyl (C=O) groups is 1. The smallest absolute Gasteiger partial charge is 0.321 e. The molecule has 0 unspecified atom stereocenters. The molecule has 0 bridgehead atoms. The zero-order valence-corrected chi connectivity index (χ0v) is 22.5. The van der Waals surface area contributed by atoms with Gasteiger partial charge >= 0.3 is 6.03 Å². The zero-order valence-electron chi connectivity index (χ0n) is 22.5. The molecule has 2 aromatic heterocycles. The molecule has 0 saturated carbocycles. The van der Waals surface area contributed by atoms with Crippen molar-refractivity contribution in [1.82, 2.24) is 25.2 Å². The molecule has 4 aromatic rings. The van der Waals surface area contributed by atoms with Crippen molar-refractivity contribution in [3.63, 3.8) is 0 Å². The number of aromatic nitrogens is 3. The highest BCUT2D eigenvalue weighted by Crippen LogP contribution is 2.36. The summed E-state index contributed by atoms with van der Waals surface area (Å²) in [6, 6.07) is 13.6. The maximum atomic E-state index is 13.8. The van der Waals surface area contributed by atoms with Crippen LogP contribution < -0.4 is 25.8 Å². The van der Waals surface area contributed by atoms with Crippen molar-refractivity contribution in [3.8, 4) is 11.5 Å². The van der Waals surface area contributed by atoms with Crippen LogP contribution in [-0.4, -0.2) is 59.7 Å². The Kier molecular flexibility index (Phi) is 7.92. The van der Waals surface area contributed by atoms with Crippen LogP contribution in [0.25, 0.3) is 10.9 Å². The van der Waals surface area contributed by atoms with Crippen LogP contribution >= 0.6 is 0 Å². The van der Waals surface area contributed by atoms with Crippen molar-refractivity contribution in [2.75, 3.05) is 44.9 Å². The fourth-order valence-electron chi connectivity index (χ4n) is 5.17. The van der Waals surface area contributed by atoms with Gasteiger partial charge in [0.1, 0.15) is 17.5 Å². The Labute approximate surface area is 231 Å². The fraction of sp³-hybridized carbons (Fsp3) is 0.310. The van der Waals surface area contributed by atoms with E-state index in [2.05, 4.69) is 25.6 Å². The van der Waals surface area contributed by atoms with Gasteiger partial charge in [0.25, 0.3) is 0 Å². The normalized spacial score (nSPS) is 14.6. The van der Waals surface area contributed by atoms with E-state index < -0.39 is 0 Å². The fourth-order valence-corrected chi connectivity index (χ4v) is 5.17. The summed E-state index contributed by atoms with van der Waals surface area (Å²) in [5.41, 5.74) is 8.27. The van der Waals surface area contributed by atoms with Gasteiger partial charge in [0.15, 0.2) is 11.5 Å². The van der Waals surface area contributed by atoms with E-state index in [1.165, 1.54) is 12.1 Å². The first-order valence-electron chi connectivity index (χ1n) is 13.0. The lowest BCUT2D eigenvalue weighted by Crippen LogP contribution is -2.50. The molecule has 1 aliphatic rings. The number of anilines is 2. The zero-order chi connectivity index (χ0) is 28.1. The van der Waals surface area contributed by atoms with Gasteiger partial charge in [-0.05, 0) is 48.7 Å². The van der Waals surface area contributed by atoms with Crippen molar-refractivity contribution in [3.05, 3.63) is 78.1 Å². The van der Waals surface area contributed by atoms with Crippen LogP contribution in [0.1, 0.15) is 24.2 Å². The topological polar surface area (TPSA) is 128 Å². The molecule has 2 amide bonds. The molecule has 10 nitrogen and oxygen atoms in total. The number of pyridine rings is 1. The summed E-state index contributed by atoms with van der Waals surface area (Å²) < 4.78 is 24.5. The van der Waals surface area contributed by atoms with Gasteiger partial charge in [-0.3, -0.25) is 4.98 Å². The molecule has 11 heteroatoms. The van der Waals surface area contributed by atoms with E-state index in [9.17, 15) is 9.18 Å². The van der Waals surface area contributed by atoms with Crippen LogP contribution in [0.2, 0.25) is 0 Å². The molecular formula is C29H32FN7O3. The Morgan fingerprint density at radius 1 is 1.07 bits per heavy atom. The van der Waals surface area contributed by atoms with Gasteiger partial charge in [0.2, 0.25) is 0 Å². The molecule has 208 valence electrons. The number of amides is 2. The van der Waals surface area contributed by atoms with Crippen LogP contribution in [0.4, 0.5) is 20.7 Å². The number of halogens is 1. The second-order valence-electron chi connectivity index (χ2n) is 9.80. The van der Waals surface area contributed by atoms with Gasteiger partial charge in [0, 0.05) is 42.7 Å².